The number of amides is 1. The van der Waals surface area contributed by atoms with E-state index < -0.39 is 0 Å². The van der Waals surface area contributed by atoms with Gasteiger partial charge in [-0.3, -0.25) is 9.20 Å². The number of carbonyl (C=O) groups excluding carboxylic acids is 1. The molecule has 1 amide bonds. The summed E-state index contributed by atoms with van der Waals surface area (Å²) in [5, 5.41) is 9.09. The van der Waals surface area contributed by atoms with Crippen molar-refractivity contribution in [3.05, 3.63) is 45.2 Å². The van der Waals surface area contributed by atoms with Crippen molar-refractivity contribution in [1.82, 2.24) is 19.5 Å². The van der Waals surface area contributed by atoms with Gasteiger partial charge >= 0.3 is 0 Å². The molecule has 1 fully saturated rings. The molecule has 0 radical (unpaired) electrons. The number of pyridine rings is 1. The quantitative estimate of drug-likeness (QED) is 0.704. The van der Waals surface area contributed by atoms with E-state index in [1.54, 1.807) is 17.4 Å². The first-order valence-corrected chi connectivity index (χ1v) is 8.92. The molecule has 1 saturated heterocycles. The summed E-state index contributed by atoms with van der Waals surface area (Å²) in [7, 11) is 0. The predicted molar refractivity (Wildman–Crippen MR) is 95.2 cm³/mol. The minimum absolute atomic E-state index is 0.113. The Labute approximate surface area is 148 Å². The monoisotopic (exact) mass is 361 g/mol. The minimum atomic E-state index is 0.113. The van der Waals surface area contributed by atoms with Crippen molar-refractivity contribution in [2.75, 3.05) is 31.1 Å². The van der Waals surface area contributed by atoms with Gasteiger partial charge in [-0.1, -0.05) is 11.6 Å². The van der Waals surface area contributed by atoms with E-state index in [1.807, 2.05) is 40.6 Å². The molecule has 0 spiro atoms. The molecule has 1 aliphatic rings. The molecule has 24 heavy (non-hydrogen) atoms. The van der Waals surface area contributed by atoms with Crippen LogP contribution in [0.25, 0.3) is 5.65 Å². The molecule has 0 aromatic carbocycles. The highest BCUT2D eigenvalue weighted by Gasteiger charge is 2.25. The van der Waals surface area contributed by atoms with Gasteiger partial charge in [0.25, 0.3) is 5.91 Å². The SMILES string of the molecule is Cc1ccc(C(=O)N2CCN(c3nnc4ccc(Cl)cn34)CC2)s1. The van der Waals surface area contributed by atoms with Crippen LogP contribution < -0.4 is 4.90 Å². The molecule has 124 valence electrons. The van der Waals surface area contributed by atoms with Crippen molar-refractivity contribution in [3.8, 4) is 0 Å². The fourth-order valence-electron chi connectivity index (χ4n) is 2.88. The van der Waals surface area contributed by atoms with Crippen LogP contribution in [0.5, 0.6) is 0 Å². The summed E-state index contributed by atoms with van der Waals surface area (Å²) in [6.45, 7) is 4.81. The molecule has 0 saturated carbocycles. The third-order valence-corrected chi connectivity index (χ3v) is 5.36. The molecule has 4 heterocycles. The molecule has 8 heteroatoms. The highest BCUT2D eigenvalue weighted by molar-refractivity contribution is 7.13. The largest absolute Gasteiger partial charge is 0.337 e. The van der Waals surface area contributed by atoms with Crippen LogP contribution in [0.4, 0.5) is 5.95 Å². The van der Waals surface area contributed by atoms with Crippen LogP contribution in [0.3, 0.4) is 0 Å². The second-order valence-corrected chi connectivity index (χ2v) is 7.49. The lowest BCUT2D eigenvalue weighted by Gasteiger charge is -2.34. The van der Waals surface area contributed by atoms with Crippen LogP contribution >= 0.6 is 22.9 Å². The standard InChI is InChI=1S/C16H16ClN5OS/c1-11-2-4-13(24-11)15(23)20-6-8-21(9-7-20)16-19-18-14-5-3-12(17)10-22(14)16/h2-5,10H,6-9H2,1H3. The zero-order valence-electron chi connectivity index (χ0n) is 13.1. The zero-order valence-corrected chi connectivity index (χ0v) is 14.7. The molecule has 0 aliphatic carbocycles. The number of carbonyl (C=O) groups is 1. The third kappa shape index (κ3) is 2.74. The van der Waals surface area contributed by atoms with Crippen molar-refractivity contribution in [2.24, 2.45) is 0 Å². The Kier molecular flexibility index (Phi) is 3.90. The normalized spacial score (nSPS) is 15.2. The average Bonchev–Trinajstić information content (AvgIpc) is 3.20. The molecule has 3 aromatic rings. The summed E-state index contributed by atoms with van der Waals surface area (Å²) < 4.78 is 1.89. The third-order valence-electron chi connectivity index (χ3n) is 4.15. The Bertz CT molecular complexity index is 897. The molecule has 6 nitrogen and oxygen atoms in total. The maximum atomic E-state index is 12.5. The number of piperazine rings is 1. The average molecular weight is 362 g/mol. The lowest BCUT2D eigenvalue weighted by Crippen LogP contribution is -2.49. The molecule has 3 aromatic heterocycles. The van der Waals surface area contributed by atoms with Crippen LogP contribution in [0.1, 0.15) is 14.5 Å². The summed E-state index contributed by atoms with van der Waals surface area (Å²) in [6, 6.07) is 7.54. The molecule has 0 bridgehead atoms. The first-order chi connectivity index (χ1) is 11.6. The van der Waals surface area contributed by atoms with E-state index in [9.17, 15) is 4.79 Å². The van der Waals surface area contributed by atoms with Gasteiger partial charge < -0.3 is 9.80 Å². The smallest absolute Gasteiger partial charge is 0.264 e. The van der Waals surface area contributed by atoms with Crippen LogP contribution in [0.2, 0.25) is 5.02 Å². The van der Waals surface area contributed by atoms with Crippen molar-refractivity contribution in [1.29, 1.82) is 0 Å². The van der Waals surface area contributed by atoms with Gasteiger partial charge in [0.15, 0.2) is 5.65 Å². The van der Waals surface area contributed by atoms with Crippen molar-refractivity contribution >= 4 is 40.4 Å². The maximum absolute atomic E-state index is 12.5. The Morgan fingerprint density at radius 3 is 2.62 bits per heavy atom. The van der Waals surface area contributed by atoms with E-state index in [4.69, 9.17) is 11.6 Å². The summed E-state index contributed by atoms with van der Waals surface area (Å²) in [5.41, 5.74) is 0.766. The zero-order chi connectivity index (χ0) is 16.7. The van der Waals surface area contributed by atoms with Gasteiger partial charge in [0, 0.05) is 37.3 Å². The first-order valence-electron chi connectivity index (χ1n) is 7.73. The van der Waals surface area contributed by atoms with Gasteiger partial charge in [0.05, 0.1) is 9.90 Å². The lowest BCUT2D eigenvalue weighted by atomic mass is 10.3. The van der Waals surface area contributed by atoms with Crippen molar-refractivity contribution in [2.45, 2.75) is 6.92 Å². The topological polar surface area (TPSA) is 53.7 Å². The Morgan fingerprint density at radius 1 is 1.12 bits per heavy atom. The fourth-order valence-corrected chi connectivity index (χ4v) is 3.88. The van der Waals surface area contributed by atoms with Crippen molar-refractivity contribution in [3.63, 3.8) is 0 Å². The lowest BCUT2D eigenvalue weighted by molar-refractivity contribution is 0.0751. The van der Waals surface area contributed by atoms with Gasteiger partial charge in [-0.05, 0) is 31.2 Å². The molecule has 0 N–H and O–H groups in total. The number of thiophene rings is 1. The highest BCUT2D eigenvalue weighted by atomic mass is 35.5. The van der Waals surface area contributed by atoms with E-state index in [-0.39, 0.29) is 5.91 Å². The van der Waals surface area contributed by atoms with Gasteiger partial charge in [-0.2, -0.15) is 0 Å². The predicted octanol–water partition coefficient (Wildman–Crippen LogP) is 2.72. The number of anilines is 1. The number of rotatable bonds is 2. The summed E-state index contributed by atoms with van der Waals surface area (Å²) in [4.78, 5) is 18.5. The summed E-state index contributed by atoms with van der Waals surface area (Å²) in [6.07, 6.45) is 1.82. The van der Waals surface area contributed by atoms with Crippen LogP contribution in [-0.4, -0.2) is 51.6 Å². The van der Waals surface area contributed by atoms with E-state index in [0.29, 0.717) is 18.1 Å². The summed E-state index contributed by atoms with van der Waals surface area (Å²) >= 11 is 7.62. The van der Waals surface area contributed by atoms with Gasteiger partial charge in [0.2, 0.25) is 5.95 Å². The Balaban J connectivity index is 1.49. The number of hydrogen-bond acceptors (Lipinski definition) is 5. The van der Waals surface area contributed by atoms with E-state index >= 15 is 0 Å². The van der Waals surface area contributed by atoms with E-state index in [1.165, 1.54) is 0 Å². The summed E-state index contributed by atoms with van der Waals surface area (Å²) in [5.74, 6) is 0.883. The van der Waals surface area contributed by atoms with Crippen LogP contribution in [0, 0.1) is 6.92 Å². The fraction of sp³-hybridized carbons (Fsp3) is 0.312. The molecular formula is C16H16ClN5OS. The molecular weight excluding hydrogens is 346 g/mol. The number of hydrogen-bond donors (Lipinski definition) is 0. The molecule has 0 atom stereocenters. The number of aromatic nitrogens is 3. The first kappa shape index (κ1) is 15.4. The van der Waals surface area contributed by atoms with Crippen LogP contribution in [-0.2, 0) is 0 Å². The highest BCUT2D eigenvalue weighted by Crippen LogP contribution is 2.21. The van der Waals surface area contributed by atoms with Gasteiger partial charge in [-0.15, -0.1) is 21.5 Å². The Hall–Kier alpha value is -2.12. The number of halogens is 1. The van der Waals surface area contributed by atoms with Crippen LogP contribution in [0.15, 0.2) is 30.5 Å². The van der Waals surface area contributed by atoms with Gasteiger partial charge in [0.1, 0.15) is 0 Å². The van der Waals surface area contributed by atoms with E-state index in [2.05, 4.69) is 15.1 Å². The van der Waals surface area contributed by atoms with Gasteiger partial charge in [-0.25, -0.2) is 0 Å². The molecule has 0 unspecified atom stereocenters. The molecule has 1 aliphatic heterocycles. The van der Waals surface area contributed by atoms with Crippen molar-refractivity contribution < 1.29 is 4.79 Å². The minimum Gasteiger partial charge on any atom is -0.337 e. The number of aryl methyl sites for hydroxylation is 1. The number of nitrogens with zero attached hydrogens (tertiary/aromatic N) is 5. The number of fused-ring (bicyclic) bond motifs is 1. The Morgan fingerprint density at radius 2 is 1.92 bits per heavy atom. The second-order valence-electron chi connectivity index (χ2n) is 5.77. The molecule has 4 rings (SSSR count). The second kappa shape index (κ2) is 6.07. The van der Waals surface area contributed by atoms with E-state index in [0.717, 1.165) is 34.4 Å². The maximum Gasteiger partial charge on any atom is 0.264 e.